The van der Waals surface area contributed by atoms with E-state index in [2.05, 4.69) is 0 Å². The second kappa shape index (κ2) is 8.20. The third kappa shape index (κ3) is 4.15. The maximum absolute atomic E-state index is 11.1. The summed E-state index contributed by atoms with van der Waals surface area (Å²) in [6.45, 7) is -1.71. The van der Waals surface area contributed by atoms with Gasteiger partial charge in [0, 0.05) is 25.8 Å². The van der Waals surface area contributed by atoms with Gasteiger partial charge >= 0.3 is 5.97 Å². The molecule has 3 aromatic carbocycles. The van der Waals surface area contributed by atoms with Gasteiger partial charge in [0.1, 0.15) is 17.9 Å². The van der Waals surface area contributed by atoms with Crippen LogP contribution in [0.3, 0.4) is 0 Å². The van der Waals surface area contributed by atoms with Gasteiger partial charge in [-0.05, 0) is 47.0 Å². The Labute approximate surface area is 171 Å². The van der Waals surface area contributed by atoms with Crippen molar-refractivity contribution >= 4 is 16.9 Å². The Balaban J connectivity index is 1.68. The third-order valence-corrected chi connectivity index (χ3v) is 4.66. The SMILES string of the molecule is [2H]C([2H])(N)c1cccc(-c2cc(COc3ccccc3CC(=O)O)cc3ccoc23)c1. The van der Waals surface area contributed by atoms with E-state index >= 15 is 0 Å². The Hall–Kier alpha value is -3.57. The molecule has 0 fully saturated rings. The molecular formula is C24H21NO4. The fourth-order valence-electron chi connectivity index (χ4n) is 3.33. The number of hydrogen-bond acceptors (Lipinski definition) is 4. The van der Waals surface area contributed by atoms with E-state index in [0.29, 0.717) is 22.5 Å². The van der Waals surface area contributed by atoms with Gasteiger partial charge in [0.05, 0.1) is 12.7 Å². The summed E-state index contributed by atoms with van der Waals surface area (Å²) in [6.07, 6.45) is 1.49. The van der Waals surface area contributed by atoms with E-state index in [9.17, 15) is 4.79 Å². The summed E-state index contributed by atoms with van der Waals surface area (Å²) in [5, 5.41) is 10.00. The standard InChI is InChI=1S/C24H21NO4/c25-14-16-4-3-6-18(10-16)21-12-17(11-20-8-9-28-24(20)21)15-29-22-7-2-1-5-19(22)13-23(26)27/h1-12H,13-15,25H2,(H,26,27)/i14D2. The van der Waals surface area contributed by atoms with Crippen LogP contribution in [-0.2, 0) is 24.3 Å². The van der Waals surface area contributed by atoms with Crippen LogP contribution in [-0.4, -0.2) is 11.1 Å². The number of nitrogens with two attached hydrogens (primary N) is 1. The van der Waals surface area contributed by atoms with E-state index in [1.165, 1.54) is 0 Å². The molecule has 0 aliphatic carbocycles. The zero-order chi connectivity index (χ0) is 22.0. The number of carboxylic acid groups (broad SMARTS) is 1. The fraction of sp³-hybridized carbons (Fsp3) is 0.125. The Morgan fingerprint density at radius 3 is 2.76 bits per heavy atom. The van der Waals surface area contributed by atoms with Gasteiger partial charge in [-0.3, -0.25) is 4.79 Å². The largest absolute Gasteiger partial charge is 0.489 e. The second-order valence-corrected chi connectivity index (χ2v) is 6.67. The van der Waals surface area contributed by atoms with Gasteiger partial charge in [-0.25, -0.2) is 0 Å². The average molecular weight is 389 g/mol. The summed E-state index contributed by atoms with van der Waals surface area (Å²) in [5.41, 5.74) is 9.74. The highest BCUT2D eigenvalue weighted by Gasteiger charge is 2.12. The molecule has 3 N–H and O–H groups in total. The number of carboxylic acids is 1. The van der Waals surface area contributed by atoms with Crippen LogP contribution in [0, 0.1) is 0 Å². The first-order chi connectivity index (χ1) is 14.8. The first kappa shape index (κ1) is 16.4. The highest BCUT2D eigenvalue weighted by Crippen LogP contribution is 2.32. The molecule has 0 spiro atoms. The van der Waals surface area contributed by atoms with Gasteiger partial charge in [-0.15, -0.1) is 0 Å². The van der Waals surface area contributed by atoms with E-state index in [-0.39, 0.29) is 13.0 Å². The van der Waals surface area contributed by atoms with Gasteiger partial charge in [0.25, 0.3) is 0 Å². The van der Waals surface area contributed by atoms with Crippen LogP contribution in [0.25, 0.3) is 22.1 Å². The minimum atomic E-state index is -1.95. The molecule has 1 aromatic heterocycles. The van der Waals surface area contributed by atoms with Crippen molar-refractivity contribution in [1.82, 2.24) is 0 Å². The van der Waals surface area contributed by atoms with Crippen molar-refractivity contribution in [3.05, 3.63) is 89.7 Å². The van der Waals surface area contributed by atoms with E-state index in [4.69, 9.17) is 22.7 Å². The lowest BCUT2D eigenvalue weighted by Crippen LogP contribution is -2.04. The number of ether oxygens (including phenoxy) is 1. The molecular weight excluding hydrogens is 366 g/mol. The number of hydrogen-bond donors (Lipinski definition) is 2. The molecule has 0 atom stereocenters. The fourth-order valence-corrected chi connectivity index (χ4v) is 3.33. The molecule has 0 aliphatic heterocycles. The summed E-state index contributed by atoms with van der Waals surface area (Å²) in [7, 11) is 0. The van der Waals surface area contributed by atoms with E-state index in [1.54, 1.807) is 48.7 Å². The summed E-state index contributed by atoms with van der Waals surface area (Å²) < 4.78 is 27.2. The van der Waals surface area contributed by atoms with Crippen molar-refractivity contribution in [1.29, 1.82) is 0 Å². The zero-order valence-corrected chi connectivity index (χ0v) is 15.6. The number of furan rings is 1. The first-order valence-corrected chi connectivity index (χ1v) is 9.14. The van der Waals surface area contributed by atoms with Crippen molar-refractivity contribution in [3.8, 4) is 16.9 Å². The Kier molecular flexibility index (Phi) is 4.64. The molecule has 0 unspecified atom stereocenters. The molecule has 5 heteroatoms. The van der Waals surface area contributed by atoms with Crippen LogP contribution in [0.4, 0.5) is 0 Å². The van der Waals surface area contributed by atoms with Crippen molar-refractivity contribution in [2.45, 2.75) is 19.5 Å². The van der Waals surface area contributed by atoms with Gasteiger partial charge in [0.2, 0.25) is 0 Å². The normalized spacial score (nSPS) is 12.4. The van der Waals surface area contributed by atoms with Crippen LogP contribution in [0.2, 0.25) is 0 Å². The number of fused-ring (bicyclic) bond motifs is 1. The molecule has 4 aromatic rings. The minimum Gasteiger partial charge on any atom is -0.489 e. The molecule has 1 heterocycles. The maximum Gasteiger partial charge on any atom is 0.307 e. The zero-order valence-electron chi connectivity index (χ0n) is 17.6. The second-order valence-electron chi connectivity index (χ2n) is 6.67. The van der Waals surface area contributed by atoms with E-state index in [1.807, 2.05) is 24.3 Å². The molecule has 146 valence electrons. The van der Waals surface area contributed by atoms with E-state index < -0.39 is 12.5 Å². The molecule has 0 saturated carbocycles. The molecule has 0 amide bonds. The topological polar surface area (TPSA) is 85.7 Å². The molecule has 0 radical (unpaired) electrons. The Morgan fingerprint density at radius 1 is 1.07 bits per heavy atom. The van der Waals surface area contributed by atoms with Gasteiger partial charge < -0.3 is 20.0 Å². The predicted molar refractivity (Wildman–Crippen MR) is 112 cm³/mol. The summed E-state index contributed by atoms with van der Waals surface area (Å²) in [5.74, 6) is -0.394. The Bertz CT molecular complexity index is 1240. The average Bonchev–Trinajstić information content (AvgIpc) is 3.20. The molecule has 29 heavy (non-hydrogen) atoms. The van der Waals surface area contributed by atoms with Crippen molar-refractivity contribution in [3.63, 3.8) is 0 Å². The molecule has 0 aliphatic rings. The summed E-state index contributed by atoms with van der Waals surface area (Å²) in [6, 6.07) is 19.8. The lowest BCUT2D eigenvalue weighted by Gasteiger charge is -2.12. The van der Waals surface area contributed by atoms with Crippen molar-refractivity contribution in [2.75, 3.05) is 0 Å². The number of benzene rings is 3. The van der Waals surface area contributed by atoms with Gasteiger partial charge in [-0.2, -0.15) is 0 Å². The maximum atomic E-state index is 11.1. The predicted octanol–water partition coefficient (Wildman–Crippen LogP) is 4.76. The summed E-state index contributed by atoms with van der Waals surface area (Å²) >= 11 is 0. The quantitative estimate of drug-likeness (QED) is 0.476. The Morgan fingerprint density at radius 2 is 1.93 bits per heavy atom. The van der Waals surface area contributed by atoms with Crippen molar-refractivity contribution < 1.29 is 21.8 Å². The minimum absolute atomic E-state index is 0.115. The lowest BCUT2D eigenvalue weighted by atomic mass is 9.99. The van der Waals surface area contributed by atoms with Gasteiger partial charge in [-0.1, -0.05) is 36.4 Å². The number of carbonyl (C=O) groups is 1. The van der Waals surface area contributed by atoms with Crippen molar-refractivity contribution in [2.24, 2.45) is 5.73 Å². The first-order valence-electron chi connectivity index (χ1n) is 10.1. The summed E-state index contributed by atoms with van der Waals surface area (Å²) in [4.78, 5) is 11.1. The van der Waals surface area contributed by atoms with Crippen LogP contribution in [0.5, 0.6) is 5.75 Å². The number of aliphatic carboxylic acids is 1. The van der Waals surface area contributed by atoms with E-state index in [0.717, 1.165) is 22.1 Å². The van der Waals surface area contributed by atoms with Crippen LogP contribution < -0.4 is 10.5 Å². The molecule has 5 nitrogen and oxygen atoms in total. The molecule has 4 rings (SSSR count). The van der Waals surface area contributed by atoms with Crippen LogP contribution in [0.1, 0.15) is 19.4 Å². The third-order valence-electron chi connectivity index (χ3n) is 4.66. The number of rotatable bonds is 7. The van der Waals surface area contributed by atoms with Gasteiger partial charge in [0.15, 0.2) is 0 Å². The highest BCUT2D eigenvalue weighted by molar-refractivity contribution is 5.93. The monoisotopic (exact) mass is 389 g/mol. The highest BCUT2D eigenvalue weighted by atomic mass is 16.5. The smallest absolute Gasteiger partial charge is 0.307 e. The van der Waals surface area contributed by atoms with Crippen LogP contribution >= 0.6 is 0 Å². The molecule has 0 bridgehead atoms. The number of para-hydroxylation sites is 1. The van der Waals surface area contributed by atoms with Crippen LogP contribution in [0.15, 0.2) is 77.4 Å². The molecule has 0 saturated heterocycles. The lowest BCUT2D eigenvalue weighted by molar-refractivity contribution is -0.136.